The van der Waals surface area contributed by atoms with Crippen LogP contribution in [0.4, 0.5) is 0 Å². The first-order chi connectivity index (χ1) is 11.0. The number of hydrogen-bond donors (Lipinski definition) is 1. The lowest BCUT2D eigenvalue weighted by Gasteiger charge is -2.41. The van der Waals surface area contributed by atoms with Crippen molar-refractivity contribution in [2.24, 2.45) is 0 Å². The predicted octanol–water partition coefficient (Wildman–Crippen LogP) is 1.63. The summed E-state index contributed by atoms with van der Waals surface area (Å²) in [4.78, 5) is 23.8. The fourth-order valence-corrected chi connectivity index (χ4v) is 3.86. The first-order valence-corrected chi connectivity index (χ1v) is 8.47. The number of hydrogen-bond acceptors (Lipinski definition) is 5. The van der Waals surface area contributed by atoms with E-state index >= 15 is 0 Å². The highest BCUT2D eigenvalue weighted by atomic mass is 16.5. The first-order valence-electron chi connectivity index (χ1n) is 8.47. The molecule has 1 N–H and O–H groups in total. The average molecular weight is 318 g/mol. The minimum Gasteiger partial charge on any atom is -0.381 e. The van der Waals surface area contributed by atoms with Gasteiger partial charge in [0.25, 0.3) is 5.91 Å². The number of rotatable bonds is 3. The second kappa shape index (κ2) is 6.53. The molecule has 3 heterocycles. The summed E-state index contributed by atoms with van der Waals surface area (Å²) in [6.45, 7) is 6.87. The van der Waals surface area contributed by atoms with Gasteiger partial charge in [-0.3, -0.25) is 9.69 Å². The van der Waals surface area contributed by atoms with E-state index in [1.54, 1.807) is 13.1 Å². The minimum absolute atomic E-state index is 0.157. The van der Waals surface area contributed by atoms with Gasteiger partial charge in [0, 0.05) is 32.0 Å². The second-order valence-electron chi connectivity index (χ2n) is 6.71. The Morgan fingerprint density at radius 3 is 2.83 bits per heavy atom. The fourth-order valence-electron chi connectivity index (χ4n) is 3.86. The molecule has 1 aromatic rings. The smallest absolute Gasteiger partial charge is 0.269 e. The van der Waals surface area contributed by atoms with E-state index in [4.69, 9.17) is 4.74 Å². The molecule has 23 heavy (non-hydrogen) atoms. The summed E-state index contributed by atoms with van der Waals surface area (Å²) in [5, 5.41) is 2.65. The number of ether oxygens (including phenoxy) is 1. The van der Waals surface area contributed by atoms with Crippen molar-refractivity contribution in [3.05, 3.63) is 23.3 Å². The molecule has 1 aromatic heterocycles. The van der Waals surface area contributed by atoms with Crippen LogP contribution in [0, 0.1) is 6.92 Å². The summed E-state index contributed by atoms with van der Waals surface area (Å²) in [6.07, 6.45) is 4.29. The maximum absolute atomic E-state index is 12.0. The Labute approximate surface area is 137 Å². The Morgan fingerprint density at radius 2 is 2.13 bits per heavy atom. The molecule has 2 saturated heterocycles. The molecule has 0 radical (unpaired) electrons. The number of nitrogens with one attached hydrogen (secondary N) is 1. The molecule has 0 saturated carbocycles. The van der Waals surface area contributed by atoms with Gasteiger partial charge in [-0.15, -0.1) is 0 Å². The zero-order valence-corrected chi connectivity index (χ0v) is 14.3. The lowest BCUT2D eigenvalue weighted by atomic mass is 9.94. The largest absolute Gasteiger partial charge is 0.381 e. The summed E-state index contributed by atoms with van der Waals surface area (Å²) >= 11 is 0. The Hall–Kier alpha value is -1.53. The quantitative estimate of drug-likeness (QED) is 0.917. The molecule has 6 heteroatoms. The van der Waals surface area contributed by atoms with Crippen molar-refractivity contribution in [2.45, 2.75) is 51.1 Å². The van der Waals surface area contributed by atoms with Crippen LogP contribution in [0.5, 0.6) is 0 Å². The van der Waals surface area contributed by atoms with Crippen LogP contribution in [0.25, 0.3) is 0 Å². The van der Waals surface area contributed by atoms with Crippen molar-refractivity contribution in [1.29, 1.82) is 0 Å². The zero-order valence-electron chi connectivity index (χ0n) is 14.3. The van der Waals surface area contributed by atoms with Crippen LogP contribution < -0.4 is 5.32 Å². The molecule has 2 aliphatic rings. The minimum atomic E-state index is -0.198. The van der Waals surface area contributed by atoms with E-state index in [2.05, 4.69) is 27.1 Å². The van der Waals surface area contributed by atoms with Crippen LogP contribution in [0.15, 0.2) is 6.07 Å². The summed E-state index contributed by atoms with van der Waals surface area (Å²) in [6, 6.07) is 2.27. The number of carbonyl (C=O) groups is 1. The second-order valence-corrected chi connectivity index (χ2v) is 6.71. The Balaban J connectivity index is 1.94. The molecule has 2 fully saturated rings. The molecule has 3 rings (SSSR count). The molecule has 0 unspecified atom stereocenters. The van der Waals surface area contributed by atoms with Gasteiger partial charge in [0.05, 0.1) is 5.54 Å². The van der Waals surface area contributed by atoms with Gasteiger partial charge >= 0.3 is 0 Å². The first kappa shape index (κ1) is 16.3. The highest BCUT2D eigenvalue weighted by Crippen LogP contribution is 2.40. The van der Waals surface area contributed by atoms with Gasteiger partial charge in [-0.25, -0.2) is 9.97 Å². The summed E-state index contributed by atoms with van der Waals surface area (Å²) in [5.74, 6) is 0.621. The molecule has 2 aliphatic heterocycles. The Morgan fingerprint density at radius 1 is 1.39 bits per heavy atom. The van der Waals surface area contributed by atoms with Crippen LogP contribution >= 0.6 is 0 Å². The van der Waals surface area contributed by atoms with Gasteiger partial charge < -0.3 is 10.1 Å². The van der Waals surface area contributed by atoms with Crippen LogP contribution in [-0.2, 0) is 10.3 Å². The van der Waals surface area contributed by atoms with E-state index in [-0.39, 0.29) is 11.4 Å². The highest BCUT2D eigenvalue weighted by molar-refractivity contribution is 5.92. The van der Waals surface area contributed by atoms with Crippen molar-refractivity contribution >= 4 is 5.91 Å². The molecule has 0 spiro atoms. The van der Waals surface area contributed by atoms with Crippen molar-refractivity contribution in [3.8, 4) is 0 Å². The average Bonchev–Trinajstić information content (AvgIpc) is 2.97. The van der Waals surface area contributed by atoms with E-state index in [1.165, 1.54) is 0 Å². The van der Waals surface area contributed by atoms with Crippen LogP contribution in [0.3, 0.4) is 0 Å². The number of aryl methyl sites for hydroxylation is 1. The zero-order chi connectivity index (χ0) is 16.4. The standard InChI is InChI=1S/C17H26N4O2/c1-12-11-14(15(22)18-3)20-16(19-12)17(2)7-4-8-21(17)13-5-9-23-10-6-13/h11,13H,4-10H2,1-3H3,(H,18,22)/t17-/m0/s1. The van der Waals surface area contributed by atoms with Gasteiger partial charge in [-0.05, 0) is 52.1 Å². The van der Waals surface area contributed by atoms with E-state index in [1.807, 2.05) is 6.92 Å². The third-order valence-corrected chi connectivity index (χ3v) is 5.12. The topological polar surface area (TPSA) is 67.4 Å². The van der Waals surface area contributed by atoms with Crippen LogP contribution in [-0.4, -0.2) is 53.6 Å². The van der Waals surface area contributed by atoms with E-state index in [9.17, 15) is 4.79 Å². The van der Waals surface area contributed by atoms with Gasteiger partial charge in [-0.2, -0.15) is 0 Å². The number of aromatic nitrogens is 2. The molecule has 6 nitrogen and oxygen atoms in total. The summed E-state index contributed by atoms with van der Waals surface area (Å²) < 4.78 is 5.51. The number of carbonyl (C=O) groups excluding carboxylic acids is 1. The van der Waals surface area contributed by atoms with E-state index in [0.29, 0.717) is 11.7 Å². The Bertz CT molecular complexity index is 586. The maximum Gasteiger partial charge on any atom is 0.269 e. The molecule has 0 aliphatic carbocycles. The van der Waals surface area contributed by atoms with Crippen LogP contribution in [0.1, 0.15) is 54.6 Å². The van der Waals surface area contributed by atoms with Gasteiger partial charge in [0.1, 0.15) is 11.5 Å². The SMILES string of the molecule is CNC(=O)c1cc(C)nc([C@]2(C)CCCN2C2CCOCC2)n1. The van der Waals surface area contributed by atoms with Crippen molar-refractivity contribution in [3.63, 3.8) is 0 Å². The number of likely N-dealkylation sites (tertiary alicyclic amines) is 1. The molecular formula is C17H26N4O2. The van der Waals surface area contributed by atoms with Crippen molar-refractivity contribution in [1.82, 2.24) is 20.2 Å². The molecule has 1 amide bonds. The van der Waals surface area contributed by atoms with Crippen LogP contribution in [0.2, 0.25) is 0 Å². The third-order valence-electron chi connectivity index (χ3n) is 5.12. The molecule has 0 bridgehead atoms. The van der Waals surface area contributed by atoms with E-state index < -0.39 is 0 Å². The normalized spacial score (nSPS) is 26.4. The highest BCUT2D eigenvalue weighted by Gasteiger charge is 2.44. The monoisotopic (exact) mass is 318 g/mol. The number of nitrogens with zero attached hydrogens (tertiary/aromatic N) is 3. The van der Waals surface area contributed by atoms with Crippen molar-refractivity contribution < 1.29 is 9.53 Å². The lowest BCUT2D eigenvalue weighted by Crippen LogP contribution is -2.48. The summed E-state index contributed by atoms with van der Waals surface area (Å²) in [7, 11) is 1.63. The molecule has 0 aromatic carbocycles. The summed E-state index contributed by atoms with van der Waals surface area (Å²) in [5.41, 5.74) is 1.10. The van der Waals surface area contributed by atoms with E-state index in [0.717, 1.165) is 57.0 Å². The van der Waals surface area contributed by atoms with Gasteiger partial charge in [-0.1, -0.05) is 0 Å². The van der Waals surface area contributed by atoms with Gasteiger partial charge in [0.2, 0.25) is 0 Å². The molecule has 126 valence electrons. The Kier molecular flexibility index (Phi) is 4.64. The predicted molar refractivity (Wildman–Crippen MR) is 87.3 cm³/mol. The van der Waals surface area contributed by atoms with Crippen molar-refractivity contribution in [2.75, 3.05) is 26.8 Å². The third kappa shape index (κ3) is 3.10. The molecule has 1 atom stereocenters. The lowest BCUT2D eigenvalue weighted by molar-refractivity contribution is 0.00192. The maximum atomic E-state index is 12.0. The fraction of sp³-hybridized carbons (Fsp3) is 0.706. The number of amides is 1. The van der Waals surface area contributed by atoms with Gasteiger partial charge in [0.15, 0.2) is 0 Å². The molecular weight excluding hydrogens is 292 g/mol.